The molecule has 2 N–H and O–H groups in total. The molecule has 1 atom stereocenters. The number of benzene rings is 2. The molecule has 28 heavy (non-hydrogen) atoms. The van der Waals surface area contributed by atoms with E-state index in [0.29, 0.717) is 18.0 Å². The van der Waals surface area contributed by atoms with Crippen LogP contribution in [0.4, 0.5) is 0 Å². The average molecular weight is 378 g/mol. The summed E-state index contributed by atoms with van der Waals surface area (Å²) in [5.74, 6) is 0.450. The smallest absolute Gasteiger partial charge is 0.328 e. The molecule has 2 aromatic carbocycles. The number of aromatic nitrogens is 2. The number of piperidine rings is 1. The molecule has 146 valence electrons. The van der Waals surface area contributed by atoms with Crippen molar-refractivity contribution in [1.29, 1.82) is 0 Å². The molecule has 0 bridgehead atoms. The highest BCUT2D eigenvalue weighted by Gasteiger charge is 2.15. The fourth-order valence-electron chi connectivity index (χ4n) is 3.99. The zero-order chi connectivity index (χ0) is 19.7. The van der Waals surface area contributed by atoms with Crippen molar-refractivity contribution in [3.05, 3.63) is 69.6 Å². The second-order valence-corrected chi connectivity index (χ2v) is 7.57. The molecular formula is C22H26N4O2. The number of carbonyl (C=O) groups excluding carboxylic acids is 1. The van der Waals surface area contributed by atoms with Gasteiger partial charge < -0.3 is 10.6 Å². The Hall–Kier alpha value is -2.86. The summed E-state index contributed by atoms with van der Waals surface area (Å²) in [6.07, 6.45) is 2.40. The normalized spacial score (nSPS) is 17.0. The fraction of sp³-hybridized carbons (Fsp3) is 0.364. The van der Waals surface area contributed by atoms with E-state index in [-0.39, 0.29) is 11.6 Å². The SMILES string of the molecule is Cn1c(=O)n(C)c2cc(CNC(=O)c3ccc([C@H]4CCCNC4)cc3)ccc21. The molecule has 1 fully saturated rings. The molecular weight excluding hydrogens is 352 g/mol. The molecule has 0 spiro atoms. The van der Waals surface area contributed by atoms with Crippen LogP contribution in [0.5, 0.6) is 0 Å². The molecule has 1 amide bonds. The van der Waals surface area contributed by atoms with Crippen LogP contribution < -0.4 is 16.3 Å². The lowest BCUT2D eigenvalue weighted by Crippen LogP contribution is -2.28. The maximum absolute atomic E-state index is 12.5. The predicted octanol–water partition coefficient (Wildman–Crippen LogP) is 2.27. The standard InChI is InChI=1S/C22H26N4O2/c1-25-19-10-5-15(12-20(19)26(2)22(25)28)13-24-21(27)17-8-6-16(7-9-17)18-4-3-11-23-14-18/h5-10,12,18,23H,3-4,11,13-14H2,1-2H3,(H,24,27)/t18-/m0/s1. The van der Waals surface area contributed by atoms with Crippen LogP contribution >= 0.6 is 0 Å². The van der Waals surface area contributed by atoms with Gasteiger partial charge in [0.1, 0.15) is 0 Å². The Labute approximate surface area is 164 Å². The van der Waals surface area contributed by atoms with Crippen LogP contribution in [0.2, 0.25) is 0 Å². The third kappa shape index (κ3) is 3.47. The lowest BCUT2D eigenvalue weighted by molar-refractivity contribution is 0.0951. The molecule has 2 heterocycles. The lowest BCUT2D eigenvalue weighted by atomic mass is 9.91. The van der Waals surface area contributed by atoms with Gasteiger partial charge in [-0.15, -0.1) is 0 Å². The number of amides is 1. The Morgan fingerprint density at radius 3 is 2.57 bits per heavy atom. The Kier molecular flexibility index (Phi) is 5.05. The number of aryl methyl sites for hydroxylation is 2. The highest BCUT2D eigenvalue weighted by molar-refractivity contribution is 5.94. The topological polar surface area (TPSA) is 68.1 Å². The quantitative estimate of drug-likeness (QED) is 0.732. The summed E-state index contributed by atoms with van der Waals surface area (Å²) in [6.45, 7) is 2.53. The molecule has 1 aromatic heterocycles. The number of nitrogens with one attached hydrogen (secondary N) is 2. The summed E-state index contributed by atoms with van der Waals surface area (Å²) in [4.78, 5) is 24.6. The lowest BCUT2D eigenvalue weighted by Gasteiger charge is -2.23. The van der Waals surface area contributed by atoms with Gasteiger partial charge in [-0.2, -0.15) is 0 Å². The second kappa shape index (κ2) is 7.64. The summed E-state index contributed by atoms with van der Waals surface area (Å²) < 4.78 is 3.25. The molecule has 1 aliphatic heterocycles. The number of rotatable bonds is 4. The van der Waals surface area contributed by atoms with Gasteiger partial charge >= 0.3 is 5.69 Å². The van der Waals surface area contributed by atoms with Gasteiger partial charge in [-0.05, 0) is 60.7 Å². The molecule has 0 radical (unpaired) electrons. The van der Waals surface area contributed by atoms with Crippen LogP contribution in [-0.4, -0.2) is 28.1 Å². The van der Waals surface area contributed by atoms with Gasteiger partial charge in [0, 0.05) is 32.7 Å². The summed E-state index contributed by atoms with van der Waals surface area (Å²) in [7, 11) is 3.52. The summed E-state index contributed by atoms with van der Waals surface area (Å²) in [6, 6.07) is 13.8. The van der Waals surface area contributed by atoms with Crippen molar-refractivity contribution < 1.29 is 4.79 Å². The van der Waals surface area contributed by atoms with Gasteiger partial charge in [-0.25, -0.2) is 4.79 Å². The zero-order valence-electron chi connectivity index (χ0n) is 16.4. The first-order valence-electron chi connectivity index (χ1n) is 9.78. The van der Waals surface area contributed by atoms with Gasteiger partial charge in [0.25, 0.3) is 5.91 Å². The molecule has 0 saturated carbocycles. The largest absolute Gasteiger partial charge is 0.348 e. The number of fused-ring (bicyclic) bond motifs is 1. The highest BCUT2D eigenvalue weighted by Crippen LogP contribution is 2.23. The summed E-state index contributed by atoms with van der Waals surface area (Å²) in [5, 5.41) is 6.40. The van der Waals surface area contributed by atoms with Gasteiger partial charge in [-0.1, -0.05) is 18.2 Å². The van der Waals surface area contributed by atoms with Crippen LogP contribution in [-0.2, 0) is 20.6 Å². The van der Waals surface area contributed by atoms with Gasteiger partial charge in [0.05, 0.1) is 11.0 Å². The van der Waals surface area contributed by atoms with E-state index in [1.807, 2.05) is 30.3 Å². The van der Waals surface area contributed by atoms with Crippen molar-refractivity contribution >= 4 is 16.9 Å². The zero-order valence-corrected chi connectivity index (χ0v) is 16.4. The van der Waals surface area contributed by atoms with E-state index in [1.165, 1.54) is 18.4 Å². The average Bonchev–Trinajstić information content (AvgIpc) is 2.96. The Balaban J connectivity index is 1.43. The van der Waals surface area contributed by atoms with E-state index in [1.54, 1.807) is 23.2 Å². The van der Waals surface area contributed by atoms with E-state index >= 15 is 0 Å². The molecule has 3 aromatic rings. The Morgan fingerprint density at radius 1 is 1.11 bits per heavy atom. The van der Waals surface area contributed by atoms with E-state index in [2.05, 4.69) is 22.8 Å². The van der Waals surface area contributed by atoms with E-state index in [0.717, 1.165) is 29.7 Å². The van der Waals surface area contributed by atoms with E-state index in [4.69, 9.17) is 0 Å². The van der Waals surface area contributed by atoms with Crippen LogP contribution in [0.1, 0.15) is 40.2 Å². The number of hydrogen-bond acceptors (Lipinski definition) is 3. The van der Waals surface area contributed by atoms with Gasteiger partial charge in [0.2, 0.25) is 0 Å². The van der Waals surface area contributed by atoms with Crippen LogP contribution in [0.3, 0.4) is 0 Å². The molecule has 1 aliphatic rings. The molecule has 4 rings (SSSR count). The van der Waals surface area contributed by atoms with Crippen LogP contribution in [0.25, 0.3) is 11.0 Å². The second-order valence-electron chi connectivity index (χ2n) is 7.57. The first-order valence-corrected chi connectivity index (χ1v) is 9.78. The first-order chi connectivity index (χ1) is 13.5. The molecule has 0 aliphatic carbocycles. The van der Waals surface area contributed by atoms with Crippen molar-refractivity contribution in [2.24, 2.45) is 14.1 Å². The fourth-order valence-corrected chi connectivity index (χ4v) is 3.99. The van der Waals surface area contributed by atoms with Crippen LogP contribution in [0.15, 0.2) is 47.3 Å². The maximum Gasteiger partial charge on any atom is 0.328 e. The summed E-state index contributed by atoms with van der Waals surface area (Å²) in [5.41, 5.74) is 4.62. The Bertz CT molecular complexity index is 1060. The van der Waals surface area contributed by atoms with Crippen LogP contribution in [0, 0.1) is 0 Å². The van der Waals surface area contributed by atoms with Crippen molar-refractivity contribution in [3.8, 4) is 0 Å². The van der Waals surface area contributed by atoms with Crippen molar-refractivity contribution in [1.82, 2.24) is 19.8 Å². The maximum atomic E-state index is 12.5. The van der Waals surface area contributed by atoms with Crippen molar-refractivity contribution in [2.75, 3.05) is 13.1 Å². The minimum absolute atomic E-state index is 0.0514. The number of hydrogen-bond donors (Lipinski definition) is 2. The number of carbonyl (C=O) groups is 1. The minimum atomic E-state index is -0.0876. The number of nitrogens with zero attached hydrogens (tertiary/aromatic N) is 2. The third-order valence-electron chi connectivity index (χ3n) is 5.73. The summed E-state index contributed by atoms with van der Waals surface area (Å²) >= 11 is 0. The molecule has 1 saturated heterocycles. The van der Waals surface area contributed by atoms with E-state index in [9.17, 15) is 9.59 Å². The van der Waals surface area contributed by atoms with Crippen molar-refractivity contribution in [2.45, 2.75) is 25.3 Å². The first kappa shape index (κ1) is 18.5. The predicted molar refractivity (Wildman–Crippen MR) is 111 cm³/mol. The van der Waals surface area contributed by atoms with Gasteiger partial charge in [0.15, 0.2) is 0 Å². The number of imidazole rings is 1. The molecule has 0 unspecified atom stereocenters. The Morgan fingerprint density at radius 2 is 1.86 bits per heavy atom. The van der Waals surface area contributed by atoms with Gasteiger partial charge in [-0.3, -0.25) is 13.9 Å². The molecule has 6 nitrogen and oxygen atoms in total. The monoisotopic (exact) mass is 378 g/mol. The highest BCUT2D eigenvalue weighted by atomic mass is 16.2. The minimum Gasteiger partial charge on any atom is -0.348 e. The molecule has 6 heteroatoms. The third-order valence-corrected chi connectivity index (χ3v) is 5.73. The van der Waals surface area contributed by atoms with E-state index < -0.39 is 0 Å². The van der Waals surface area contributed by atoms with Crippen molar-refractivity contribution in [3.63, 3.8) is 0 Å².